The fraction of sp³-hybridized carbons (Fsp3) is 0.556. The van der Waals surface area contributed by atoms with E-state index < -0.39 is 0 Å². The molecule has 0 radical (unpaired) electrons. The molecule has 4 heteroatoms. The van der Waals surface area contributed by atoms with Gasteiger partial charge in [-0.25, -0.2) is 9.97 Å². The van der Waals surface area contributed by atoms with Crippen LogP contribution in [-0.4, -0.2) is 29.8 Å². The van der Waals surface area contributed by atoms with Gasteiger partial charge in [-0.15, -0.1) is 0 Å². The number of hydrogen-bond donors (Lipinski definition) is 0. The molecule has 170 valence electrons. The first-order valence-electron chi connectivity index (χ1n) is 12.1. The van der Waals surface area contributed by atoms with Crippen LogP contribution in [0.1, 0.15) is 77.2 Å². The van der Waals surface area contributed by atoms with Gasteiger partial charge in [-0.2, -0.15) is 0 Å². The highest BCUT2D eigenvalue weighted by molar-refractivity contribution is 5.55. The van der Waals surface area contributed by atoms with Gasteiger partial charge in [-0.05, 0) is 50.5 Å². The van der Waals surface area contributed by atoms with E-state index in [4.69, 9.17) is 9.47 Å². The maximum atomic E-state index is 5.76. The van der Waals surface area contributed by atoms with Crippen LogP contribution in [0.3, 0.4) is 0 Å². The number of rotatable bonds is 17. The second-order valence-corrected chi connectivity index (χ2v) is 7.97. The summed E-state index contributed by atoms with van der Waals surface area (Å²) in [6.07, 6.45) is 19.6. The van der Waals surface area contributed by atoms with E-state index >= 15 is 0 Å². The van der Waals surface area contributed by atoms with Crippen LogP contribution in [0.5, 0.6) is 5.75 Å². The number of nitrogens with zero attached hydrogens (tertiary/aromatic N) is 2. The van der Waals surface area contributed by atoms with Crippen LogP contribution in [0.2, 0.25) is 0 Å². The summed E-state index contributed by atoms with van der Waals surface area (Å²) < 4.78 is 11.3. The quantitative estimate of drug-likeness (QED) is 0.199. The lowest BCUT2D eigenvalue weighted by molar-refractivity contribution is 0.130. The Morgan fingerprint density at radius 2 is 1.48 bits per heavy atom. The smallest absolute Gasteiger partial charge is 0.159 e. The summed E-state index contributed by atoms with van der Waals surface area (Å²) in [6.45, 7) is 6.83. The highest BCUT2D eigenvalue weighted by Crippen LogP contribution is 2.18. The summed E-state index contributed by atoms with van der Waals surface area (Å²) in [4.78, 5) is 8.95. The van der Waals surface area contributed by atoms with Crippen molar-refractivity contribution < 1.29 is 9.47 Å². The highest BCUT2D eigenvalue weighted by Gasteiger charge is 2.03. The van der Waals surface area contributed by atoms with E-state index in [1.54, 1.807) is 12.4 Å². The number of ether oxygens (including phenoxy) is 2. The third-order valence-electron chi connectivity index (χ3n) is 5.12. The standard InChI is InChI=1S/C27H40N2O2/c1-3-5-6-7-8-9-13-21-31-26-22-28-27(29-23-26)25-17-15-24(16-18-25)14-11-10-12-20-30-19-4-2/h7-8,15-18,22-23H,3-6,9-14,19-21H2,1-2H3/b8-7+. The van der Waals surface area contributed by atoms with E-state index in [1.165, 1.54) is 37.7 Å². The van der Waals surface area contributed by atoms with Gasteiger partial charge < -0.3 is 9.47 Å². The molecule has 0 aliphatic carbocycles. The largest absolute Gasteiger partial charge is 0.490 e. The molecule has 0 spiro atoms. The Morgan fingerprint density at radius 1 is 0.742 bits per heavy atom. The number of allylic oxidation sites excluding steroid dienone is 2. The van der Waals surface area contributed by atoms with Crippen molar-refractivity contribution in [2.75, 3.05) is 19.8 Å². The number of aromatic nitrogens is 2. The number of unbranched alkanes of at least 4 members (excludes halogenated alkanes) is 5. The zero-order valence-electron chi connectivity index (χ0n) is 19.5. The lowest BCUT2D eigenvalue weighted by Gasteiger charge is -2.07. The van der Waals surface area contributed by atoms with Crippen LogP contribution in [0, 0.1) is 0 Å². The van der Waals surface area contributed by atoms with Crippen molar-refractivity contribution in [2.45, 2.75) is 78.1 Å². The Hall–Kier alpha value is -2.20. The molecular formula is C27H40N2O2. The van der Waals surface area contributed by atoms with Crippen molar-refractivity contribution >= 4 is 0 Å². The first-order valence-corrected chi connectivity index (χ1v) is 12.1. The number of hydrogen-bond acceptors (Lipinski definition) is 4. The number of aryl methyl sites for hydroxylation is 1. The van der Waals surface area contributed by atoms with Gasteiger partial charge in [-0.3, -0.25) is 0 Å². The van der Waals surface area contributed by atoms with E-state index in [0.29, 0.717) is 6.61 Å². The molecule has 0 saturated carbocycles. The topological polar surface area (TPSA) is 44.2 Å². The second-order valence-electron chi connectivity index (χ2n) is 7.97. The normalized spacial score (nSPS) is 11.3. The molecule has 0 atom stereocenters. The van der Waals surface area contributed by atoms with E-state index in [2.05, 4.69) is 60.2 Å². The lowest BCUT2D eigenvalue weighted by atomic mass is 10.0. The van der Waals surface area contributed by atoms with Gasteiger partial charge in [-0.1, -0.05) is 69.5 Å². The summed E-state index contributed by atoms with van der Waals surface area (Å²) in [6, 6.07) is 8.59. The molecule has 1 aromatic heterocycles. The van der Waals surface area contributed by atoms with Crippen molar-refractivity contribution in [3.05, 3.63) is 54.4 Å². The fourth-order valence-corrected chi connectivity index (χ4v) is 3.27. The summed E-state index contributed by atoms with van der Waals surface area (Å²) >= 11 is 0. The minimum Gasteiger partial charge on any atom is -0.490 e. The van der Waals surface area contributed by atoms with E-state index in [0.717, 1.165) is 62.5 Å². The van der Waals surface area contributed by atoms with Gasteiger partial charge in [0.1, 0.15) is 0 Å². The molecule has 2 aromatic rings. The van der Waals surface area contributed by atoms with Gasteiger partial charge in [0.2, 0.25) is 0 Å². The third kappa shape index (κ3) is 11.1. The predicted octanol–water partition coefficient (Wildman–Crippen LogP) is 7.19. The SMILES string of the molecule is CCCC/C=C/CCCOc1cnc(-c2ccc(CCCCCOCCC)cc2)nc1. The summed E-state index contributed by atoms with van der Waals surface area (Å²) in [7, 11) is 0. The van der Waals surface area contributed by atoms with Crippen LogP contribution in [-0.2, 0) is 11.2 Å². The van der Waals surface area contributed by atoms with Crippen molar-refractivity contribution in [1.82, 2.24) is 9.97 Å². The van der Waals surface area contributed by atoms with Gasteiger partial charge in [0.05, 0.1) is 19.0 Å². The Balaban J connectivity index is 1.66. The van der Waals surface area contributed by atoms with Crippen LogP contribution in [0.25, 0.3) is 11.4 Å². The van der Waals surface area contributed by atoms with Gasteiger partial charge in [0.25, 0.3) is 0 Å². The maximum absolute atomic E-state index is 5.76. The highest BCUT2D eigenvalue weighted by atomic mass is 16.5. The van der Waals surface area contributed by atoms with E-state index in [1.807, 2.05) is 0 Å². The third-order valence-corrected chi connectivity index (χ3v) is 5.12. The molecule has 0 unspecified atom stereocenters. The maximum Gasteiger partial charge on any atom is 0.159 e. The van der Waals surface area contributed by atoms with Gasteiger partial charge in [0, 0.05) is 18.8 Å². The van der Waals surface area contributed by atoms with Crippen LogP contribution in [0.15, 0.2) is 48.8 Å². The molecular weight excluding hydrogens is 384 g/mol. The van der Waals surface area contributed by atoms with Crippen molar-refractivity contribution in [1.29, 1.82) is 0 Å². The summed E-state index contributed by atoms with van der Waals surface area (Å²) in [5, 5.41) is 0. The van der Waals surface area contributed by atoms with Crippen LogP contribution in [0.4, 0.5) is 0 Å². The molecule has 0 bridgehead atoms. The second kappa shape index (κ2) is 16.5. The molecule has 0 saturated heterocycles. The molecule has 0 amide bonds. The average molecular weight is 425 g/mol. The monoisotopic (exact) mass is 424 g/mol. The van der Waals surface area contributed by atoms with Crippen molar-refractivity contribution in [3.63, 3.8) is 0 Å². The number of benzene rings is 1. The van der Waals surface area contributed by atoms with Gasteiger partial charge >= 0.3 is 0 Å². The average Bonchev–Trinajstić information content (AvgIpc) is 2.81. The van der Waals surface area contributed by atoms with Crippen molar-refractivity contribution in [2.24, 2.45) is 0 Å². The predicted molar refractivity (Wildman–Crippen MR) is 130 cm³/mol. The van der Waals surface area contributed by atoms with Crippen LogP contribution >= 0.6 is 0 Å². The summed E-state index contributed by atoms with van der Waals surface area (Å²) in [5.41, 5.74) is 2.41. The molecule has 1 heterocycles. The van der Waals surface area contributed by atoms with Crippen molar-refractivity contribution in [3.8, 4) is 17.1 Å². The van der Waals surface area contributed by atoms with Crippen LogP contribution < -0.4 is 4.74 Å². The molecule has 1 aromatic carbocycles. The Bertz CT molecular complexity index is 711. The molecule has 31 heavy (non-hydrogen) atoms. The first kappa shape index (κ1) is 25.1. The zero-order chi connectivity index (χ0) is 22.0. The first-order chi connectivity index (χ1) is 15.3. The molecule has 0 N–H and O–H groups in total. The zero-order valence-corrected chi connectivity index (χ0v) is 19.5. The Morgan fingerprint density at radius 3 is 2.19 bits per heavy atom. The van der Waals surface area contributed by atoms with E-state index in [9.17, 15) is 0 Å². The molecule has 0 aliphatic rings. The summed E-state index contributed by atoms with van der Waals surface area (Å²) in [5.74, 6) is 1.48. The molecule has 4 nitrogen and oxygen atoms in total. The minimum atomic E-state index is 0.695. The Kier molecular flexibility index (Phi) is 13.3. The Labute approximate surface area is 189 Å². The van der Waals surface area contributed by atoms with Gasteiger partial charge in [0.15, 0.2) is 11.6 Å². The minimum absolute atomic E-state index is 0.695. The molecule has 2 rings (SSSR count). The lowest BCUT2D eigenvalue weighted by Crippen LogP contribution is -1.98. The fourth-order valence-electron chi connectivity index (χ4n) is 3.27. The van der Waals surface area contributed by atoms with E-state index in [-0.39, 0.29) is 0 Å². The molecule has 0 aliphatic heterocycles. The molecule has 0 fully saturated rings.